The second kappa shape index (κ2) is 21.3. The van der Waals surface area contributed by atoms with E-state index < -0.39 is 32.1 Å². The van der Waals surface area contributed by atoms with Crippen molar-refractivity contribution in [2.75, 3.05) is 63.2 Å². The lowest BCUT2D eigenvalue weighted by Gasteiger charge is -2.58. The molecule has 3 aromatic carbocycles. The smallest absolute Gasteiger partial charge is 0.293 e. The molecule has 0 unspecified atom stereocenters. The first kappa shape index (κ1) is 53.1. The minimum absolute atomic E-state index is 0. The van der Waals surface area contributed by atoms with Crippen LogP contribution in [0.4, 0.5) is 17.1 Å². The number of methoxy groups -OCH3 is 1. The Bertz CT molecular complexity index is 2690. The van der Waals surface area contributed by atoms with Gasteiger partial charge in [0, 0.05) is 80.3 Å². The monoisotopic (exact) mass is 1030 g/mol. The van der Waals surface area contributed by atoms with Crippen molar-refractivity contribution < 1.29 is 37.5 Å². The minimum atomic E-state index is -4.43. The summed E-state index contributed by atoms with van der Waals surface area (Å²) in [5, 5.41) is 25.4. The van der Waals surface area contributed by atoms with Gasteiger partial charge in [-0.15, -0.1) is 12.4 Å². The molecule has 16 nitrogen and oxygen atoms in total. The molecule has 2 aliphatic carbocycles. The maximum atomic E-state index is 13.4. The second-order valence-electron chi connectivity index (χ2n) is 22.0. The topological polar surface area (TPSA) is 189 Å². The van der Waals surface area contributed by atoms with Crippen molar-refractivity contribution in [3.63, 3.8) is 0 Å². The molecule has 0 radical (unpaired) electrons. The number of carbonyl (C=O) groups excluding carboxylic acids is 1. The van der Waals surface area contributed by atoms with E-state index in [0.29, 0.717) is 44.5 Å². The van der Waals surface area contributed by atoms with E-state index in [-0.39, 0.29) is 57.4 Å². The number of fused-ring (bicyclic) bond motifs is 1. The summed E-state index contributed by atoms with van der Waals surface area (Å²) in [6, 6.07) is 21.9. The number of nitro benzene ring substituents is 1. The molecule has 3 N–H and O–H groups in total. The Hall–Kier alpha value is -5.20. The van der Waals surface area contributed by atoms with Gasteiger partial charge in [-0.25, -0.2) is 18.1 Å². The zero-order valence-electron chi connectivity index (χ0n) is 42.5. The average Bonchev–Trinajstić information content (AvgIpc) is 3.33. The largest absolute Gasteiger partial charge is 0.491 e. The van der Waals surface area contributed by atoms with Crippen molar-refractivity contribution >= 4 is 45.4 Å². The van der Waals surface area contributed by atoms with Crippen molar-refractivity contribution in [1.82, 2.24) is 19.5 Å². The van der Waals surface area contributed by atoms with Crippen LogP contribution in [-0.4, -0.2) is 110 Å². The summed E-state index contributed by atoms with van der Waals surface area (Å²) < 4.78 is 47.1. The Morgan fingerprint density at radius 3 is 2.35 bits per heavy atom. The summed E-state index contributed by atoms with van der Waals surface area (Å²) in [5.74, 6) is 1.67. The number of nitro groups is 1. The molecule has 72 heavy (non-hydrogen) atoms. The number of aromatic nitrogens is 1. The maximum absolute atomic E-state index is 13.4. The Morgan fingerprint density at radius 1 is 0.958 bits per heavy atom. The number of hydrogen-bond acceptors (Lipinski definition) is 14. The van der Waals surface area contributed by atoms with Gasteiger partial charge in [0.2, 0.25) is 0 Å². The number of pyridine rings is 1. The van der Waals surface area contributed by atoms with Crippen molar-refractivity contribution in [3.05, 3.63) is 105 Å². The van der Waals surface area contributed by atoms with E-state index in [9.17, 15) is 28.4 Å². The maximum Gasteiger partial charge on any atom is 0.293 e. The molecule has 18 heteroatoms. The van der Waals surface area contributed by atoms with Gasteiger partial charge in [-0.2, -0.15) is 0 Å². The van der Waals surface area contributed by atoms with Crippen LogP contribution >= 0.6 is 12.4 Å². The molecule has 4 heterocycles. The number of benzene rings is 3. The molecule has 4 aromatic rings. The number of aliphatic hydroxyl groups is 1. The van der Waals surface area contributed by atoms with Crippen LogP contribution in [0.2, 0.25) is 0 Å². The first-order chi connectivity index (χ1) is 33.8. The zero-order chi connectivity index (χ0) is 50.3. The molecule has 1 aromatic heterocycles. The van der Waals surface area contributed by atoms with E-state index in [1.807, 2.05) is 19.1 Å². The highest BCUT2D eigenvalue weighted by Gasteiger charge is 2.50. The first-order valence-electron chi connectivity index (χ1n) is 25.4. The lowest BCUT2D eigenvalue weighted by atomic mass is 9.59. The van der Waals surface area contributed by atoms with E-state index in [4.69, 9.17) is 19.2 Å². The summed E-state index contributed by atoms with van der Waals surface area (Å²) >= 11 is 0. The number of anilines is 2. The number of rotatable bonds is 15. The molecule has 1 spiro atoms. The number of piperidine rings is 1. The van der Waals surface area contributed by atoms with Crippen LogP contribution in [0.25, 0.3) is 0 Å². The molecule has 5 aliphatic rings. The number of sulfonamides is 1. The lowest BCUT2D eigenvalue weighted by molar-refractivity contribution is -0.384. The van der Waals surface area contributed by atoms with E-state index >= 15 is 0 Å². The fraction of sp³-hybridized carbons (Fsp3) is 0.556. The highest BCUT2D eigenvalue weighted by Crippen LogP contribution is 2.53. The van der Waals surface area contributed by atoms with E-state index in [0.717, 1.165) is 112 Å². The van der Waals surface area contributed by atoms with Crippen LogP contribution in [0.15, 0.2) is 77.7 Å². The Kier molecular flexibility index (Phi) is 15.7. The number of para-hydroxylation sites is 1. The summed E-state index contributed by atoms with van der Waals surface area (Å²) in [7, 11) is -2.76. The fourth-order valence-corrected chi connectivity index (χ4v) is 12.6. The highest BCUT2D eigenvalue weighted by atomic mass is 35.5. The van der Waals surface area contributed by atoms with Gasteiger partial charge in [0.05, 0.1) is 47.0 Å². The number of ether oxygens (including phenoxy) is 3. The number of halogens is 1. The quantitative estimate of drug-likeness (QED) is 0.0756. The molecule has 1 atom stereocenters. The number of hydrogen-bond donors (Lipinski definition) is 3. The van der Waals surface area contributed by atoms with Gasteiger partial charge in [-0.3, -0.25) is 24.7 Å². The number of amides is 1. The van der Waals surface area contributed by atoms with E-state index in [1.165, 1.54) is 17.7 Å². The van der Waals surface area contributed by atoms with Gasteiger partial charge in [-0.1, -0.05) is 32.0 Å². The Morgan fingerprint density at radius 2 is 1.67 bits per heavy atom. The van der Waals surface area contributed by atoms with Crippen LogP contribution < -0.4 is 29.1 Å². The average molecular weight is 1030 g/mol. The van der Waals surface area contributed by atoms with Crippen LogP contribution in [-0.2, 0) is 22.0 Å². The first-order valence-corrected chi connectivity index (χ1v) is 26.9. The van der Waals surface area contributed by atoms with Crippen LogP contribution in [0.3, 0.4) is 0 Å². The van der Waals surface area contributed by atoms with Gasteiger partial charge in [0.15, 0.2) is 5.75 Å². The number of carbonyl (C=O) groups is 1. The highest BCUT2D eigenvalue weighted by molar-refractivity contribution is 7.90. The van der Waals surface area contributed by atoms with Gasteiger partial charge in [0.1, 0.15) is 11.4 Å². The normalized spacial score (nSPS) is 23.2. The molecule has 4 fully saturated rings. The third-order valence-electron chi connectivity index (χ3n) is 16.0. The molecule has 3 aliphatic heterocycles. The van der Waals surface area contributed by atoms with Gasteiger partial charge in [-0.05, 0) is 144 Å². The SMILES string of the molecule is COc1nc(CN2CCN(C3CC4(CCN(c5ccc(C(=O)NS(=O)(=O)c6ccc(NCC7CCC(C)(O)CC7)c([N+](=O)[O-])c6)cc5)CC4)C3)[C@@H](c3ccccc3OC(C)C)C2)cc2c1OCCC2(C)C.Cl. The second-order valence-corrected chi connectivity index (χ2v) is 23.6. The van der Waals surface area contributed by atoms with Crippen molar-refractivity contribution in [2.45, 2.75) is 133 Å². The van der Waals surface area contributed by atoms with E-state index in [1.54, 1.807) is 19.2 Å². The molecule has 2 saturated carbocycles. The Balaban J connectivity index is 0.00000693. The third-order valence-corrected chi connectivity index (χ3v) is 17.3. The molecule has 1 amide bonds. The Labute approximate surface area is 430 Å². The van der Waals surface area contributed by atoms with Crippen molar-refractivity contribution in [1.29, 1.82) is 0 Å². The molecule has 0 bridgehead atoms. The fourth-order valence-electron chi connectivity index (χ4n) is 11.6. The van der Waals surface area contributed by atoms with Gasteiger partial charge in [0.25, 0.3) is 27.5 Å². The van der Waals surface area contributed by atoms with Crippen LogP contribution in [0, 0.1) is 21.4 Å². The summed E-state index contributed by atoms with van der Waals surface area (Å²) in [4.78, 5) is 36.9. The number of nitrogens with one attached hydrogen (secondary N) is 2. The number of nitrogens with zero attached hydrogens (tertiary/aromatic N) is 5. The summed E-state index contributed by atoms with van der Waals surface area (Å²) in [6.45, 7) is 16.8. The lowest BCUT2D eigenvalue weighted by Crippen LogP contribution is -2.59. The van der Waals surface area contributed by atoms with Crippen LogP contribution in [0.5, 0.6) is 17.4 Å². The summed E-state index contributed by atoms with van der Waals surface area (Å²) in [6.07, 6.45) is 8.21. The predicted molar refractivity (Wildman–Crippen MR) is 280 cm³/mol. The molecular formula is C54H72ClN7O9S. The minimum Gasteiger partial charge on any atom is -0.491 e. The standard InChI is InChI=1S/C54H71N7O9S.ClH/c1-36(2)70-48-10-8-7-9-43(48)47-35-58(34-39-29-44-49(51(56-39)68-6)69-28-23-52(44,3)4)26-27-60(47)41-31-54(32-41)21-24-59(25-22-54)40-13-11-38(12-14-40)50(62)57-71(66,67)42-15-16-45(46(30-42)61(64)65)55-33-37-17-19-53(5,63)20-18-37;/h7-16,29-30,36-37,41,47,55,63H,17-28,31-35H2,1-6H3,(H,57,62);1H/t37?,47-,53?;/m1./s1. The predicted octanol–water partition coefficient (Wildman–Crippen LogP) is 9.05. The van der Waals surface area contributed by atoms with Gasteiger partial charge >= 0.3 is 0 Å². The van der Waals surface area contributed by atoms with Crippen LogP contribution in [0.1, 0.15) is 126 Å². The number of piperazine rings is 1. The summed E-state index contributed by atoms with van der Waals surface area (Å²) in [5.41, 5.74) is 3.82. The molecule has 2 saturated heterocycles. The molecular weight excluding hydrogens is 958 g/mol. The van der Waals surface area contributed by atoms with Crippen molar-refractivity contribution in [3.8, 4) is 17.4 Å². The third kappa shape index (κ3) is 11.6. The van der Waals surface area contributed by atoms with Crippen molar-refractivity contribution in [2.24, 2.45) is 11.3 Å². The van der Waals surface area contributed by atoms with Gasteiger partial charge < -0.3 is 29.5 Å². The zero-order valence-corrected chi connectivity index (χ0v) is 44.2. The molecule has 390 valence electrons. The molecule has 9 rings (SSSR count). The van der Waals surface area contributed by atoms with E-state index in [2.05, 4.69) is 82.8 Å².